The fourth-order valence-corrected chi connectivity index (χ4v) is 2.48. The summed E-state index contributed by atoms with van der Waals surface area (Å²) in [6.07, 6.45) is 0. The van der Waals surface area contributed by atoms with E-state index in [1.54, 1.807) is 38.3 Å². The zero-order chi connectivity index (χ0) is 19.6. The third-order valence-corrected chi connectivity index (χ3v) is 3.80. The fourth-order valence-electron chi connectivity index (χ4n) is 2.48. The first kappa shape index (κ1) is 20.2. The van der Waals surface area contributed by atoms with Crippen molar-refractivity contribution in [1.29, 1.82) is 0 Å². The van der Waals surface area contributed by atoms with Crippen LogP contribution in [0.5, 0.6) is 0 Å². The van der Waals surface area contributed by atoms with Gasteiger partial charge >= 0.3 is 12.0 Å². The van der Waals surface area contributed by atoms with Gasteiger partial charge in [0.25, 0.3) is 5.91 Å². The lowest BCUT2D eigenvalue weighted by atomic mass is 10.1. The number of carbonyl (C=O) groups excluding carboxylic acids is 3. The van der Waals surface area contributed by atoms with Crippen molar-refractivity contribution >= 4 is 23.6 Å². The highest BCUT2D eigenvalue weighted by Gasteiger charge is 2.23. The van der Waals surface area contributed by atoms with Gasteiger partial charge in [-0.3, -0.25) is 4.79 Å². The third kappa shape index (κ3) is 5.71. The van der Waals surface area contributed by atoms with E-state index in [4.69, 9.17) is 9.47 Å². The van der Waals surface area contributed by atoms with Gasteiger partial charge in [0, 0.05) is 19.3 Å². The van der Waals surface area contributed by atoms with E-state index in [2.05, 4.69) is 21.3 Å². The number of benzene rings is 1. The van der Waals surface area contributed by atoms with E-state index in [0.717, 1.165) is 0 Å². The second kappa shape index (κ2) is 10.2. The molecule has 0 atom stereocenters. The number of anilines is 1. The zero-order valence-electron chi connectivity index (χ0n) is 15.4. The Morgan fingerprint density at radius 3 is 2.78 bits per heavy atom. The maximum absolute atomic E-state index is 12.3. The third-order valence-electron chi connectivity index (χ3n) is 3.80. The first-order valence-electron chi connectivity index (χ1n) is 8.60. The van der Waals surface area contributed by atoms with E-state index < -0.39 is 12.0 Å². The van der Waals surface area contributed by atoms with Gasteiger partial charge in [0.1, 0.15) is 0 Å². The molecule has 0 saturated heterocycles. The van der Waals surface area contributed by atoms with Crippen LogP contribution in [0.4, 0.5) is 10.5 Å². The van der Waals surface area contributed by atoms with E-state index >= 15 is 0 Å². The van der Waals surface area contributed by atoms with Gasteiger partial charge in [0.05, 0.1) is 43.1 Å². The van der Waals surface area contributed by atoms with Crippen LogP contribution < -0.4 is 21.3 Å². The number of urea groups is 1. The monoisotopic (exact) mass is 376 g/mol. The Morgan fingerprint density at radius 1 is 1.26 bits per heavy atom. The largest absolute Gasteiger partial charge is 0.463 e. The maximum atomic E-state index is 12.3. The highest BCUT2D eigenvalue weighted by atomic mass is 16.5. The number of hydrogen-bond acceptors (Lipinski definition) is 6. The summed E-state index contributed by atoms with van der Waals surface area (Å²) in [5.41, 5.74) is 1.78. The summed E-state index contributed by atoms with van der Waals surface area (Å²) in [5.74, 6) is -0.739. The molecule has 0 aliphatic carbocycles. The minimum Gasteiger partial charge on any atom is -0.463 e. The number of ether oxygens (including phenoxy) is 2. The van der Waals surface area contributed by atoms with Crippen molar-refractivity contribution in [2.45, 2.75) is 6.92 Å². The van der Waals surface area contributed by atoms with Crippen LogP contribution in [-0.4, -0.2) is 57.9 Å². The van der Waals surface area contributed by atoms with Gasteiger partial charge in [-0.1, -0.05) is 12.1 Å². The van der Waals surface area contributed by atoms with Gasteiger partial charge in [0.2, 0.25) is 0 Å². The van der Waals surface area contributed by atoms with E-state index in [0.29, 0.717) is 35.7 Å². The molecule has 9 heteroatoms. The molecular formula is C18H24N4O5. The SMILES string of the molecule is CCOC(=O)C1=C(CNc2ccccc2C(=O)NCCOC)NC(=O)NC1. The lowest BCUT2D eigenvalue weighted by molar-refractivity contribution is -0.138. The van der Waals surface area contributed by atoms with Crippen LogP contribution in [0, 0.1) is 0 Å². The molecule has 0 unspecified atom stereocenters. The Balaban J connectivity index is 2.13. The standard InChI is InChI=1S/C18H24N4O5/c1-3-27-17(24)13-10-21-18(25)22-15(13)11-20-14-7-5-4-6-12(14)16(23)19-8-9-26-2/h4-7,20H,3,8-11H2,1-2H3,(H,19,23)(H2,21,22,25). The number of hydrogen-bond donors (Lipinski definition) is 4. The molecule has 0 radical (unpaired) electrons. The summed E-state index contributed by atoms with van der Waals surface area (Å²) in [6.45, 7) is 3.00. The minimum absolute atomic E-state index is 0.0842. The fraction of sp³-hybridized carbons (Fsp3) is 0.389. The van der Waals surface area contributed by atoms with Crippen LogP contribution >= 0.6 is 0 Å². The van der Waals surface area contributed by atoms with Gasteiger partial charge in [-0.2, -0.15) is 0 Å². The Hall–Kier alpha value is -3.07. The molecule has 1 aromatic rings. The highest BCUT2D eigenvalue weighted by molar-refractivity contribution is 5.99. The molecule has 0 aromatic heterocycles. The molecule has 0 bridgehead atoms. The van der Waals surface area contributed by atoms with Crippen LogP contribution in [0.25, 0.3) is 0 Å². The molecule has 4 N–H and O–H groups in total. The van der Waals surface area contributed by atoms with Crippen molar-refractivity contribution in [1.82, 2.24) is 16.0 Å². The Labute approximate surface area is 157 Å². The second-order valence-corrected chi connectivity index (χ2v) is 5.63. The smallest absolute Gasteiger partial charge is 0.337 e. The highest BCUT2D eigenvalue weighted by Crippen LogP contribution is 2.16. The number of rotatable bonds is 9. The normalized spacial score (nSPS) is 13.5. The lowest BCUT2D eigenvalue weighted by Gasteiger charge is -2.22. The van der Waals surface area contributed by atoms with Crippen LogP contribution in [0.1, 0.15) is 17.3 Å². The lowest BCUT2D eigenvalue weighted by Crippen LogP contribution is -2.45. The summed E-state index contributed by atoms with van der Waals surface area (Å²) >= 11 is 0. The molecule has 1 heterocycles. The average molecular weight is 376 g/mol. The van der Waals surface area contributed by atoms with Crippen LogP contribution in [0.15, 0.2) is 35.5 Å². The minimum atomic E-state index is -0.493. The van der Waals surface area contributed by atoms with E-state index in [9.17, 15) is 14.4 Å². The predicted octanol–water partition coefficient (Wildman–Crippen LogP) is 0.605. The molecule has 1 aromatic carbocycles. The molecule has 0 spiro atoms. The summed E-state index contributed by atoms with van der Waals surface area (Å²) < 4.78 is 9.95. The second-order valence-electron chi connectivity index (χ2n) is 5.63. The molecular weight excluding hydrogens is 352 g/mol. The molecule has 0 saturated carbocycles. The predicted molar refractivity (Wildman–Crippen MR) is 99.3 cm³/mol. The van der Waals surface area contributed by atoms with E-state index in [1.165, 1.54) is 0 Å². The Morgan fingerprint density at radius 2 is 2.04 bits per heavy atom. The van der Waals surface area contributed by atoms with Crippen molar-refractivity contribution in [3.8, 4) is 0 Å². The van der Waals surface area contributed by atoms with Gasteiger partial charge in [-0.05, 0) is 19.1 Å². The Kier molecular flexibility index (Phi) is 7.63. The molecule has 2 rings (SSSR count). The summed E-state index contributed by atoms with van der Waals surface area (Å²) in [6, 6.07) is 6.58. The zero-order valence-corrected chi connectivity index (χ0v) is 15.4. The molecule has 146 valence electrons. The number of amides is 3. The van der Waals surface area contributed by atoms with E-state index in [1.807, 2.05) is 0 Å². The van der Waals surface area contributed by atoms with E-state index in [-0.39, 0.29) is 25.6 Å². The van der Waals surface area contributed by atoms with Crippen LogP contribution in [-0.2, 0) is 14.3 Å². The molecule has 3 amide bonds. The Bertz CT molecular complexity index is 732. The number of para-hydroxylation sites is 1. The first-order chi connectivity index (χ1) is 13.1. The van der Waals surface area contributed by atoms with Crippen molar-refractivity contribution in [3.05, 3.63) is 41.1 Å². The summed E-state index contributed by atoms with van der Waals surface area (Å²) in [5, 5.41) is 11.0. The molecule has 9 nitrogen and oxygen atoms in total. The molecule has 27 heavy (non-hydrogen) atoms. The van der Waals surface area contributed by atoms with Crippen LogP contribution in [0.3, 0.4) is 0 Å². The van der Waals surface area contributed by atoms with Crippen molar-refractivity contribution in [2.24, 2.45) is 0 Å². The van der Waals surface area contributed by atoms with Crippen molar-refractivity contribution in [3.63, 3.8) is 0 Å². The van der Waals surface area contributed by atoms with Crippen LogP contribution in [0.2, 0.25) is 0 Å². The maximum Gasteiger partial charge on any atom is 0.337 e. The number of nitrogens with one attached hydrogen (secondary N) is 4. The molecule has 1 aliphatic heterocycles. The van der Waals surface area contributed by atoms with Crippen molar-refractivity contribution < 1.29 is 23.9 Å². The van der Waals surface area contributed by atoms with Crippen molar-refractivity contribution in [2.75, 3.05) is 45.3 Å². The number of carbonyl (C=O) groups is 3. The van der Waals surface area contributed by atoms with Gasteiger partial charge in [-0.15, -0.1) is 0 Å². The summed E-state index contributed by atoms with van der Waals surface area (Å²) in [4.78, 5) is 36.0. The van der Waals surface area contributed by atoms with Gasteiger partial charge < -0.3 is 30.7 Å². The van der Waals surface area contributed by atoms with Gasteiger partial charge in [-0.25, -0.2) is 9.59 Å². The molecule has 0 fully saturated rings. The number of methoxy groups -OCH3 is 1. The van der Waals surface area contributed by atoms with Gasteiger partial charge in [0.15, 0.2) is 0 Å². The summed E-state index contributed by atoms with van der Waals surface area (Å²) in [7, 11) is 1.56. The number of esters is 1. The quantitative estimate of drug-likeness (QED) is 0.370. The topological polar surface area (TPSA) is 118 Å². The molecule has 1 aliphatic rings. The first-order valence-corrected chi connectivity index (χ1v) is 8.60. The average Bonchev–Trinajstić information content (AvgIpc) is 2.67.